The molecule has 1 aromatic carbocycles. The molecule has 1 aromatic rings. The second-order valence-corrected chi connectivity index (χ2v) is 4.29. The van der Waals surface area contributed by atoms with E-state index in [0.717, 1.165) is 31.2 Å². The predicted octanol–water partition coefficient (Wildman–Crippen LogP) is 3.21. The Labute approximate surface area is 102 Å². The van der Waals surface area contributed by atoms with Gasteiger partial charge in [-0.2, -0.15) is 0 Å². The van der Waals surface area contributed by atoms with Gasteiger partial charge in [-0.1, -0.05) is 50.1 Å². The van der Waals surface area contributed by atoms with Crippen molar-refractivity contribution < 1.29 is 14.3 Å². The number of hydrogen-bond donors (Lipinski definition) is 0. The second kappa shape index (κ2) is 5.82. The lowest BCUT2D eigenvalue weighted by molar-refractivity contribution is -0.144. The van der Waals surface area contributed by atoms with Crippen LogP contribution in [0.3, 0.4) is 0 Å². The maximum atomic E-state index is 11.7. The zero-order chi connectivity index (χ0) is 12.1. The largest absolute Gasteiger partial charge is 0.434 e. The minimum atomic E-state index is -0.539. The van der Waals surface area contributed by atoms with Gasteiger partial charge in [0.15, 0.2) is 6.10 Å². The summed E-state index contributed by atoms with van der Waals surface area (Å²) in [6.07, 6.45) is 3.23. The first-order valence-electron chi connectivity index (χ1n) is 6.22. The fourth-order valence-corrected chi connectivity index (χ4v) is 1.96. The van der Waals surface area contributed by atoms with Gasteiger partial charge in [-0.25, -0.2) is 4.79 Å². The van der Waals surface area contributed by atoms with Crippen LogP contribution in [0.25, 0.3) is 0 Å². The van der Waals surface area contributed by atoms with Gasteiger partial charge in [-0.15, -0.1) is 0 Å². The van der Waals surface area contributed by atoms with E-state index in [1.165, 1.54) is 0 Å². The van der Waals surface area contributed by atoms with Crippen molar-refractivity contribution in [1.29, 1.82) is 0 Å². The molecule has 1 heterocycles. The Hall–Kier alpha value is -1.35. The summed E-state index contributed by atoms with van der Waals surface area (Å²) < 4.78 is 10.8. The van der Waals surface area contributed by atoms with Crippen LogP contribution < -0.4 is 0 Å². The molecule has 1 saturated heterocycles. The maximum absolute atomic E-state index is 11.7. The average molecular weight is 234 g/mol. The number of cyclic esters (lactones) is 1. The van der Waals surface area contributed by atoms with Crippen LogP contribution >= 0.6 is 0 Å². The normalized spacial score (nSPS) is 23.7. The number of carbonyl (C=O) groups is 1. The zero-order valence-electron chi connectivity index (χ0n) is 10.1. The molecule has 0 radical (unpaired) electrons. The van der Waals surface area contributed by atoms with E-state index in [1.54, 1.807) is 0 Å². The summed E-state index contributed by atoms with van der Waals surface area (Å²) in [7, 11) is 0. The topological polar surface area (TPSA) is 35.5 Å². The molecule has 3 heteroatoms. The van der Waals surface area contributed by atoms with Crippen LogP contribution in [-0.4, -0.2) is 12.3 Å². The summed E-state index contributed by atoms with van der Waals surface area (Å²) >= 11 is 0. The molecule has 1 aliphatic heterocycles. The molecule has 0 bridgehead atoms. The highest BCUT2D eigenvalue weighted by Crippen LogP contribution is 2.29. The number of hydrogen-bond acceptors (Lipinski definition) is 3. The van der Waals surface area contributed by atoms with Crippen molar-refractivity contribution in [2.45, 2.75) is 45.0 Å². The van der Waals surface area contributed by atoms with Gasteiger partial charge in [0.2, 0.25) is 6.29 Å². The minimum Gasteiger partial charge on any atom is -0.434 e. The lowest BCUT2D eigenvalue weighted by atomic mass is 10.1. The zero-order valence-corrected chi connectivity index (χ0v) is 10.1. The summed E-state index contributed by atoms with van der Waals surface area (Å²) in [6.45, 7) is 2.15. The van der Waals surface area contributed by atoms with Gasteiger partial charge in [0.1, 0.15) is 0 Å². The summed E-state index contributed by atoms with van der Waals surface area (Å²) in [5.74, 6) is -0.266. The van der Waals surface area contributed by atoms with E-state index < -0.39 is 6.10 Å². The minimum absolute atomic E-state index is 0.266. The standard InChI is InChI=1S/C14H18O3/c1-2-3-5-10-12-16-13(14(15)17-12)11-8-6-4-7-9-11/h4,6-9,12-13H,2-3,5,10H2,1H3. The highest BCUT2D eigenvalue weighted by atomic mass is 16.7. The molecule has 0 saturated carbocycles. The molecule has 1 aliphatic rings. The molecule has 0 aliphatic carbocycles. The lowest BCUT2D eigenvalue weighted by Gasteiger charge is -2.09. The molecular formula is C14H18O3. The summed E-state index contributed by atoms with van der Waals surface area (Å²) in [5.41, 5.74) is 0.871. The number of ether oxygens (including phenoxy) is 2. The van der Waals surface area contributed by atoms with E-state index in [1.807, 2.05) is 30.3 Å². The highest BCUT2D eigenvalue weighted by Gasteiger charge is 2.35. The van der Waals surface area contributed by atoms with E-state index in [9.17, 15) is 4.79 Å². The molecule has 2 atom stereocenters. The first-order valence-corrected chi connectivity index (χ1v) is 6.22. The van der Waals surface area contributed by atoms with Crippen molar-refractivity contribution in [3.05, 3.63) is 35.9 Å². The Kier molecular flexibility index (Phi) is 4.15. The molecule has 3 nitrogen and oxygen atoms in total. The molecule has 0 amide bonds. The van der Waals surface area contributed by atoms with Crippen LogP contribution in [0.4, 0.5) is 0 Å². The SMILES string of the molecule is CCCCCC1OC(=O)C(c2ccccc2)O1. The van der Waals surface area contributed by atoms with E-state index in [2.05, 4.69) is 6.92 Å². The molecule has 17 heavy (non-hydrogen) atoms. The monoisotopic (exact) mass is 234 g/mol. The number of benzene rings is 1. The van der Waals surface area contributed by atoms with Crippen LogP contribution in [0.15, 0.2) is 30.3 Å². The fourth-order valence-electron chi connectivity index (χ4n) is 1.96. The third kappa shape index (κ3) is 3.07. The van der Waals surface area contributed by atoms with Gasteiger partial charge >= 0.3 is 5.97 Å². The lowest BCUT2D eigenvalue weighted by Crippen LogP contribution is -2.07. The van der Waals surface area contributed by atoms with Crippen molar-refractivity contribution in [2.75, 3.05) is 0 Å². The highest BCUT2D eigenvalue weighted by molar-refractivity contribution is 5.77. The van der Waals surface area contributed by atoms with Gasteiger partial charge in [0.05, 0.1) is 0 Å². The molecule has 2 unspecified atom stereocenters. The van der Waals surface area contributed by atoms with Crippen LogP contribution in [-0.2, 0) is 14.3 Å². The Morgan fingerprint density at radius 2 is 1.94 bits per heavy atom. The van der Waals surface area contributed by atoms with E-state index in [-0.39, 0.29) is 12.3 Å². The van der Waals surface area contributed by atoms with Crippen LogP contribution in [0, 0.1) is 0 Å². The average Bonchev–Trinajstić information content (AvgIpc) is 2.72. The summed E-state index contributed by atoms with van der Waals surface area (Å²) in [4.78, 5) is 11.7. The molecule has 0 aromatic heterocycles. The Balaban J connectivity index is 1.92. The van der Waals surface area contributed by atoms with Gasteiger partial charge in [0, 0.05) is 6.42 Å². The van der Waals surface area contributed by atoms with Gasteiger partial charge in [0.25, 0.3) is 0 Å². The second-order valence-electron chi connectivity index (χ2n) is 4.29. The molecule has 0 N–H and O–H groups in total. The van der Waals surface area contributed by atoms with Gasteiger partial charge in [-0.05, 0) is 12.0 Å². The van der Waals surface area contributed by atoms with Crippen molar-refractivity contribution in [3.63, 3.8) is 0 Å². The number of esters is 1. The third-order valence-corrected chi connectivity index (χ3v) is 2.90. The van der Waals surface area contributed by atoms with Gasteiger partial charge in [-0.3, -0.25) is 0 Å². The number of unbranched alkanes of at least 4 members (excludes halogenated alkanes) is 2. The van der Waals surface area contributed by atoms with E-state index in [4.69, 9.17) is 9.47 Å². The summed E-state index contributed by atoms with van der Waals surface area (Å²) in [6, 6.07) is 9.50. The number of carbonyl (C=O) groups excluding carboxylic acids is 1. The van der Waals surface area contributed by atoms with Crippen molar-refractivity contribution in [1.82, 2.24) is 0 Å². The van der Waals surface area contributed by atoms with Crippen LogP contribution in [0.1, 0.15) is 44.3 Å². The molecule has 92 valence electrons. The molecule has 2 rings (SSSR count). The third-order valence-electron chi connectivity index (χ3n) is 2.90. The van der Waals surface area contributed by atoms with Crippen LogP contribution in [0.5, 0.6) is 0 Å². The van der Waals surface area contributed by atoms with Crippen molar-refractivity contribution in [2.24, 2.45) is 0 Å². The smallest absolute Gasteiger partial charge is 0.342 e. The van der Waals surface area contributed by atoms with Crippen molar-refractivity contribution >= 4 is 5.97 Å². The van der Waals surface area contributed by atoms with Crippen LogP contribution in [0.2, 0.25) is 0 Å². The maximum Gasteiger partial charge on any atom is 0.342 e. The first-order chi connectivity index (χ1) is 8.31. The Morgan fingerprint density at radius 1 is 1.18 bits per heavy atom. The Bertz CT molecular complexity index is 361. The Morgan fingerprint density at radius 3 is 2.65 bits per heavy atom. The quantitative estimate of drug-likeness (QED) is 0.579. The van der Waals surface area contributed by atoms with Gasteiger partial charge < -0.3 is 9.47 Å². The molecular weight excluding hydrogens is 216 g/mol. The summed E-state index contributed by atoms with van der Waals surface area (Å²) in [5, 5.41) is 0. The first kappa shape index (κ1) is 12.1. The molecule has 1 fully saturated rings. The number of rotatable bonds is 5. The van der Waals surface area contributed by atoms with Crippen molar-refractivity contribution in [3.8, 4) is 0 Å². The van der Waals surface area contributed by atoms with E-state index in [0.29, 0.717) is 0 Å². The molecule has 0 spiro atoms. The van der Waals surface area contributed by atoms with E-state index >= 15 is 0 Å². The fraction of sp³-hybridized carbons (Fsp3) is 0.500. The predicted molar refractivity (Wildman–Crippen MR) is 64.3 cm³/mol.